The van der Waals surface area contributed by atoms with Crippen LogP contribution in [0.5, 0.6) is 0 Å². The molecule has 2 aromatic carbocycles. The molecule has 30 heavy (non-hydrogen) atoms. The van der Waals surface area contributed by atoms with Crippen LogP contribution in [0.25, 0.3) is 0 Å². The van der Waals surface area contributed by atoms with Crippen LogP contribution in [0, 0.1) is 11.6 Å². The van der Waals surface area contributed by atoms with Crippen molar-refractivity contribution in [2.24, 2.45) is 0 Å². The fourth-order valence-electron chi connectivity index (χ4n) is 3.28. The Morgan fingerprint density at radius 2 is 1.57 bits per heavy atom. The summed E-state index contributed by atoms with van der Waals surface area (Å²) in [5.41, 5.74) is 1.31. The number of rotatable bonds is 8. The molecule has 1 aliphatic rings. The lowest BCUT2D eigenvalue weighted by Gasteiger charge is -2.34. The average Bonchev–Trinajstić information content (AvgIpc) is 2.75. The molecule has 2 amide bonds. The van der Waals surface area contributed by atoms with Gasteiger partial charge in [-0.15, -0.1) is 0 Å². The van der Waals surface area contributed by atoms with Crippen LogP contribution >= 0.6 is 0 Å². The van der Waals surface area contributed by atoms with Gasteiger partial charge in [-0.1, -0.05) is 30.3 Å². The predicted molar refractivity (Wildman–Crippen MR) is 111 cm³/mol. The number of hydrogen-bond acceptors (Lipinski definition) is 4. The highest BCUT2D eigenvalue weighted by atomic mass is 19.2. The van der Waals surface area contributed by atoms with Crippen LogP contribution in [-0.4, -0.2) is 60.9 Å². The third kappa shape index (κ3) is 6.89. The zero-order valence-electron chi connectivity index (χ0n) is 16.7. The standard InChI is InChI=1S/C22H26F2N4O2/c23-19-7-6-18(14-20(19)24)26-21(29)8-9-27-10-12-28(13-11-27)16-22(30)25-15-17-4-2-1-3-5-17/h1-7,14H,8-13,15-16H2,(H,25,30)(H,26,29). The average molecular weight is 416 g/mol. The van der Waals surface area contributed by atoms with Crippen LogP contribution in [-0.2, 0) is 16.1 Å². The molecule has 0 atom stereocenters. The zero-order valence-corrected chi connectivity index (χ0v) is 16.7. The molecule has 3 rings (SSSR count). The lowest BCUT2D eigenvalue weighted by atomic mass is 10.2. The second-order valence-corrected chi connectivity index (χ2v) is 7.31. The van der Waals surface area contributed by atoms with Crippen LogP contribution < -0.4 is 10.6 Å². The molecule has 0 aliphatic carbocycles. The van der Waals surface area contributed by atoms with Gasteiger partial charge >= 0.3 is 0 Å². The molecule has 160 valence electrons. The maximum absolute atomic E-state index is 13.2. The Hall–Kier alpha value is -2.84. The molecule has 0 bridgehead atoms. The van der Waals surface area contributed by atoms with E-state index in [1.54, 1.807) is 0 Å². The Labute approximate surface area is 174 Å². The highest BCUT2D eigenvalue weighted by Gasteiger charge is 2.19. The van der Waals surface area contributed by atoms with E-state index >= 15 is 0 Å². The Kier molecular flexibility index (Phi) is 7.87. The summed E-state index contributed by atoms with van der Waals surface area (Å²) < 4.78 is 26.1. The van der Waals surface area contributed by atoms with Gasteiger partial charge in [0.1, 0.15) is 0 Å². The Morgan fingerprint density at radius 3 is 2.27 bits per heavy atom. The van der Waals surface area contributed by atoms with Crippen LogP contribution in [0.15, 0.2) is 48.5 Å². The van der Waals surface area contributed by atoms with Gasteiger partial charge in [-0.3, -0.25) is 14.5 Å². The minimum Gasteiger partial charge on any atom is -0.351 e. The third-order valence-electron chi connectivity index (χ3n) is 5.02. The number of piperazine rings is 1. The lowest BCUT2D eigenvalue weighted by Crippen LogP contribution is -2.49. The van der Waals surface area contributed by atoms with Crippen LogP contribution in [0.1, 0.15) is 12.0 Å². The molecule has 1 heterocycles. The second kappa shape index (κ2) is 10.8. The number of carbonyl (C=O) groups is 2. The topological polar surface area (TPSA) is 64.7 Å². The minimum absolute atomic E-state index is 0.00166. The highest BCUT2D eigenvalue weighted by molar-refractivity contribution is 5.90. The first-order valence-corrected chi connectivity index (χ1v) is 10.00. The lowest BCUT2D eigenvalue weighted by molar-refractivity contribution is -0.122. The zero-order chi connectivity index (χ0) is 21.3. The molecule has 1 aliphatic heterocycles. The summed E-state index contributed by atoms with van der Waals surface area (Å²) in [7, 11) is 0. The first kappa shape index (κ1) is 21.9. The van der Waals surface area contributed by atoms with Gasteiger partial charge in [0.25, 0.3) is 0 Å². The fourth-order valence-corrected chi connectivity index (χ4v) is 3.28. The van der Waals surface area contributed by atoms with E-state index in [1.807, 2.05) is 30.3 Å². The van der Waals surface area contributed by atoms with Crippen molar-refractivity contribution in [3.8, 4) is 0 Å². The van der Waals surface area contributed by atoms with Crippen molar-refractivity contribution in [2.75, 3.05) is 44.6 Å². The molecule has 2 N–H and O–H groups in total. The van der Waals surface area contributed by atoms with E-state index in [0.717, 1.165) is 43.9 Å². The number of benzene rings is 2. The maximum atomic E-state index is 13.2. The fraction of sp³-hybridized carbons (Fsp3) is 0.364. The Balaban J connectivity index is 1.31. The third-order valence-corrected chi connectivity index (χ3v) is 5.02. The molecule has 8 heteroatoms. The van der Waals surface area contributed by atoms with Gasteiger partial charge in [-0.2, -0.15) is 0 Å². The number of nitrogens with one attached hydrogen (secondary N) is 2. The Bertz CT molecular complexity index is 855. The van der Waals surface area contributed by atoms with Crippen molar-refractivity contribution in [1.29, 1.82) is 0 Å². The van der Waals surface area contributed by atoms with E-state index in [2.05, 4.69) is 20.4 Å². The number of hydrogen-bond donors (Lipinski definition) is 2. The van der Waals surface area contributed by atoms with E-state index in [4.69, 9.17) is 0 Å². The highest BCUT2D eigenvalue weighted by Crippen LogP contribution is 2.13. The van der Waals surface area contributed by atoms with Gasteiger partial charge in [0, 0.05) is 57.4 Å². The summed E-state index contributed by atoms with van der Waals surface area (Å²) in [5, 5.41) is 5.51. The summed E-state index contributed by atoms with van der Waals surface area (Å²) in [6, 6.07) is 13.1. The van der Waals surface area contributed by atoms with Gasteiger partial charge in [0.05, 0.1) is 6.54 Å². The maximum Gasteiger partial charge on any atom is 0.234 e. The van der Waals surface area contributed by atoms with E-state index in [9.17, 15) is 18.4 Å². The predicted octanol–water partition coefficient (Wildman–Crippen LogP) is 2.23. The molecule has 1 fully saturated rings. The second-order valence-electron chi connectivity index (χ2n) is 7.31. The first-order valence-electron chi connectivity index (χ1n) is 10.00. The molecule has 0 saturated carbocycles. The summed E-state index contributed by atoms with van der Waals surface area (Å²) in [4.78, 5) is 28.4. The molecule has 1 saturated heterocycles. The number of amides is 2. The number of carbonyl (C=O) groups excluding carboxylic acids is 2. The van der Waals surface area contributed by atoms with Crippen LogP contribution in [0.4, 0.5) is 14.5 Å². The number of anilines is 1. The Morgan fingerprint density at radius 1 is 0.867 bits per heavy atom. The monoisotopic (exact) mass is 416 g/mol. The largest absolute Gasteiger partial charge is 0.351 e. The summed E-state index contributed by atoms with van der Waals surface area (Å²) >= 11 is 0. The first-order chi connectivity index (χ1) is 14.5. The van der Waals surface area contributed by atoms with Gasteiger partial charge in [-0.05, 0) is 17.7 Å². The summed E-state index contributed by atoms with van der Waals surface area (Å²) in [6.07, 6.45) is 0.260. The molecular weight excluding hydrogens is 390 g/mol. The molecule has 0 radical (unpaired) electrons. The number of nitrogens with zero attached hydrogens (tertiary/aromatic N) is 2. The molecule has 0 aromatic heterocycles. The van der Waals surface area contributed by atoms with Crippen molar-refractivity contribution < 1.29 is 18.4 Å². The normalized spacial score (nSPS) is 15.0. The van der Waals surface area contributed by atoms with Gasteiger partial charge < -0.3 is 15.5 Å². The van der Waals surface area contributed by atoms with Gasteiger partial charge in [0.2, 0.25) is 11.8 Å². The van der Waals surface area contributed by atoms with E-state index in [0.29, 0.717) is 19.6 Å². The summed E-state index contributed by atoms with van der Waals surface area (Å²) in [5.74, 6) is -2.18. The molecule has 2 aromatic rings. The van der Waals surface area contributed by atoms with E-state index in [1.165, 1.54) is 6.07 Å². The molecule has 0 spiro atoms. The van der Waals surface area contributed by atoms with Gasteiger partial charge in [-0.25, -0.2) is 8.78 Å². The van der Waals surface area contributed by atoms with Gasteiger partial charge in [0.15, 0.2) is 11.6 Å². The smallest absolute Gasteiger partial charge is 0.234 e. The van der Waals surface area contributed by atoms with E-state index in [-0.39, 0.29) is 23.9 Å². The molecule has 6 nitrogen and oxygen atoms in total. The number of halogens is 2. The van der Waals surface area contributed by atoms with Crippen LogP contribution in [0.3, 0.4) is 0 Å². The molecular formula is C22H26F2N4O2. The summed E-state index contributed by atoms with van der Waals surface area (Å²) in [6.45, 7) is 4.50. The van der Waals surface area contributed by atoms with E-state index < -0.39 is 11.6 Å². The quantitative estimate of drug-likeness (QED) is 0.693. The van der Waals surface area contributed by atoms with Crippen LogP contribution in [0.2, 0.25) is 0 Å². The van der Waals surface area contributed by atoms with Crippen molar-refractivity contribution in [3.63, 3.8) is 0 Å². The van der Waals surface area contributed by atoms with Crippen molar-refractivity contribution in [3.05, 3.63) is 65.7 Å². The minimum atomic E-state index is -0.989. The molecule has 0 unspecified atom stereocenters. The van der Waals surface area contributed by atoms with Crippen molar-refractivity contribution in [1.82, 2.24) is 15.1 Å². The van der Waals surface area contributed by atoms with Crippen molar-refractivity contribution in [2.45, 2.75) is 13.0 Å². The SMILES string of the molecule is O=C(CN1CCN(CCC(=O)Nc2ccc(F)c(F)c2)CC1)NCc1ccccc1. The van der Waals surface area contributed by atoms with Crippen molar-refractivity contribution >= 4 is 17.5 Å².